The van der Waals surface area contributed by atoms with Crippen molar-refractivity contribution in [2.75, 3.05) is 39.8 Å². The number of hydrogen-bond donors (Lipinski definition) is 0. The number of para-hydroxylation sites is 2. The minimum absolute atomic E-state index is 0.299. The Labute approximate surface area is 177 Å². The van der Waals surface area contributed by atoms with Crippen molar-refractivity contribution in [2.45, 2.75) is 25.9 Å². The first-order valence-corrected chi connectivity index (χ1v) is 10.8. The number of hydrogen-bond acceptors (Lipinski definition) is 4. The van der Waals surface area contributed by atoms with Gasteiger partial charge >= 0.3 is 0 Å². The van der Waals surface area contributed by atoms with E-state index in [-0.39, 0.29) is 0 Å². The molecule has 3 aromatic rings. The number of rotatable bonds is 7. The number of imidazole rings is 1. The van der Waals surface area contributed by atoms with Crippen LogP contribution in [0, 0.1) is 0 Å². The minimum atomic E-state index is 0.299. The van der Waals surface area contributed by atoms with E-state index in [1.54, 1.807) is 0 Å². The van der Waals surface area contributed by atoms with E-state index in [9.17, 15) is 0 Å². The van der Waals surface area contributed by atoms with Crippen LogP contribution >= 0.6 is 11.6 Å². The highest BCUT2D eigenvalue weighted by Gasteiger charge is 2.24. The second-order valence-electron chi connectivity index (χ2n) is 7.78. The molecule has 0 aliphatic carbocycles. The average Bonchev–Trinajstić information content (AvgIpc) is 3.11. The van der Waals surface area contributed by atoms with Gasteiger partial charge in [-0.05, 0) is 56.8 Å². The van der Waals surface area contributed by atoms with E-state index in [2.05, 4.69) is 52.6 Å². The van der Waals surface area contributed by atoms with Crippen molar-refractivity contribution in [1.29, 1.82) is 0 Å². The Bertz CT molecular complexity index is 932. The molecule has 0 N–H and O–H groups in total. The number of fused-ring (bicyclic) bond motifs is 1. The van der Waals surface area contributed by atoms with Gasteiger partial charge in [0, 0.05) is 37.7 Å². The normalized spacial score (nSPS) is 16.9. The van der Waals surface area contributed by atoms with Gasteiger partial charge in [0.1, 0.15) is 11.6 Å². The molecule has 4 rings (SSSR count). The SMILES string of the molecule is CC(c1nc2ccccc2n1CCCOc1ccc(Cl)cc1)N1CCN(C)CC1. The van der Waals surface area contributed by atoms with Crippen molar-refractivity contribution in [3.8, 4) is 5.75 Å². The van der Waals surface area contributed by atoms with Crippen molar-refractivity contribution in [3.63, 3.8) is 0 Å². The monoisotopic (exact) mass is 412 g/mol. The maximum atomic E-state index is 5.94. The van der Waals surface area contributed by atoms with Gasteiger partial charge in [0.15, 0.2) is 0 Å². The number of ether oxygens (including phenoxy) is 1. The van der Waals surface area contributed by atoms with Crippen LogP contribution in [-0.2, 0) is 6.54 Å². The smallest absolute Gasteiger partial charge is 0.127 e. The summed E-state index contributed by atoms with van der Waals surface area (Å²) >= 11 is 5.94. The zero-order valence-corrected chi connectivity index (χ0v) is 18.0. The largest absolute Gasteiger partial charge is 0.494 e. The Kier molecular flexibility index (Phi) is 6.38. The molecular formula is C23H29ClN4O. The summed E-state index contributed by atoms with van der Waals surface area (Å²) in [6.07, 6.45) is 0.922. The summed E-state index contributed by atoms with van der Waals surface area (Å²) in [6.45, 7) is 8.23. The Morgan fingerprint density at radius 1 is 1.03 bits per heavy atom. The number of likely N-dealkylation sites (N-methyl/N-ethyl adjacent to an activating group) is 1. The zero-order chi connectivity index (χ0) is 20.2. The molecule has 1 fully saturated rings. The van der Waals surface area contributed by atoms with Crippen LogP contribution in [0.1, 0.15) is 25.2 Å². The molecule has 1 atom stereocenters. The van der Waals surface area contributed by atoms with E-state index in [4.69, 9.17) is 21.3 Å². The molecule has 2 aromatic carbocycles. The number of halogens is 1. The molecule has 0 radical (unpaired) electrons. The first-order chi connectivity index (χ1) is 14.1. The Hall–Kier alpha value is -2.08. The van der Waals surface area contributed by atoms with Crippen LogP contribution in [0.3, 0.4) is 0 Å². The van der Waals surface area contributed by atoms with Crippen LogP contribution in [-0.4, -0.2) is 59.2 Å². The third kappa shape index (κ3) is 4.74. The second kappa shape index (κ2) is 9.16. The molecule has 5 nitrogen and oxygen atoms in total. The fraction of sp³-hybridized carbons (Fsp3) is 0.435. The lowest BCUT2D eigenvalue weighted by molar-refractivity contribution is 0.113. The number of aromatic nitrogens is 2. The van der Waals surface area contributed by atoms with Gasteiger partial charge in [0.2, 0.25) is 0 Å². The molecule has 0 bridgehead atoms. The van der Waals surface area contributed by atoms with Crippen LogP contribution in [0.5, 0.6) is 5.75 Å². The summed E-state index contributed by atoms with van der Waals surface area (Å²) < 4.78 is 8.27. The molecule has 1 aromatic heterocycles. The molecule has 2 heterocycles. The summed E-state index contributed by atoms with van der Waals surface area (Å²) in [6, 6.07) is 16.3. The topological polar surface area (TPSA) is 33.5 Å². The predicted octanol–water partition coefficient (Wildman–Crippen LogP) is 4.47. The molecule has 1 aliphatic rings. The summed E-state index contributed by atoms with van der Waals surface area (Å²) in [5.41, 5.74) is 2.28. The molecule has 154 valence electrons. The van der Waals surface area contributed by atoms with Gasteiger partial charge in [-0.15, -0.1) is 0 Å². The molecule has 0 saturated carbocycles. The summed E-state index contributed by atoms with van der Waals surface area (Å²) in [4.78, 5) is 9.94. The lowest BCUT2D eigenvalue weighted by Crippen LogP contribution is -2.45. The molecule has 1 unspecified atom stereocenters. The van der Waals surface area contributed by atoms with Crippen molar-refractivity contribution < 1.29 is 4.74 Å². The van der Waals surface area contributed by atoms with Gasteiger partial charge < -0.3 is 14.2 Å². The molecular weight excluding hydrogens is 384 g/mol. The lowest BCUT2D eigenvalue weighted by atomic mass is 10.2. The van der Waals surface area contributed by atoms with Crippen molar-refractivity contribution in [2.24, 2.45) is 0 Å². The van der Waals surface area contributed by atoms with E-state index in [0.29, 0.717) is 12.6 Å². The first kappa shape index (κ1) is 20.2. The quantitative estimate of drug-likeness (QED) is 0.536. The van der Waals surface area contributed by atoms with Crippen LogP contribution < -0.4 is 4.74 Å². The highest BCUT2D eigenvalue weighted by atomic mass is 35.5. The predicted molar refractivity (Wildman–Crippen MR) is 119 cm³/mol. The lowest BCUT2D eigenvalue weighted by Gasteiger charge is -2.36. The van der Waals surface area contributed by atoms with Crippen LogP contribution in [0.15, 0.2) is 48.5 Å². The maximum Gasteiger partial charge on any atom is 0.127 e. The van der Waals surface area contributed by atoms with Crippen LogP contribution in [0.2, 0.25) is 5.02 Å². The first-order valence-electron chi connectivity index (χ1n) is 10.4. The summed E-state index contributed by atoms with van der Waals surface area (Å²) in [7, 11) is 2.19. The van der Waals surface area contributed by atoms with E-state index >= 15 is 0 Å². The van der Waals surface area contributed by atoms with Gasteiger partial charge in [-0.1, -0.05) is 23.7 Å². The van der Waals surface area contributed by atoms with Gasteiger partial charge in [-0.3, -0.25) is 4.90 Å². The fourth-order valence-electron chi connectivity index (χ4n) is 3.96. The zero-order valence-electron chi connectivity index (χ0n) is 17.2. The average molecular weight is 413 g/mol. The van der Waals surface area contributed by atoms with E-state index in [1.807, 2.05) is 24.3 Å². The Balaban J connectivity index is 1.46. The van der Waals surface area contributed by atoms with E-state index in [1.165, 1.54) is 5.52 Å². The third-order valence-electron chi connectivity index (χ3n) is 5.75. The van der Waals surface area contributed by atoms with Crippen molar-refractivity contribution in [3.05, 3.63) is 59.4 Å². The van der Waals surface area contributed by atoms with Gasteiger partial charge in [-0.25, -0.2) is 4.98 Å². The Morgan fingerprint density at radius 3 is 2.52 bits per heavy atom. The second-order valence-corrected chi connectivity index (χ2v) is 8.22. The molecule has 0 spiro atoms. The number of aryl methyl sites for hydroxylation is 1. The minimum Gasteiger partial charge on any atom is -0.494 e. The standard InChI is InChI=1S/C23H29ClN4O/c1-18(27-15-13-26(2)14-16-27)23-25-21-6-3-4-7-22(21)28(23)12-5-17-29-20-10-8-19(24)9-11-20/h3-4,6-11,18H,5,12-17H2,1-2H3. The molecule has 1 saturated heterocycles. The summed E-state index contributed by atoms with van der Waals surface area (Å²) in [5.74, 6) is 2.01. The van der Waals surface area contributed by atoms with Crippen molar-refractivity contribution >= 4 is 22.6 Å². The van der Waals surface area contributed by atoms with Gasteiger partial charge in [0.25, 0.3) is 0 Å². The highest BCUT2D eigenvalue weighted by Crippen LogP contribution is 2.26. The van der Waals surface area contributed by atoms with Gasteiger partial charge in [-0.2, -0.15) is 0 Å². The highest BCUT2D eigenvalue weighted by molar-refractivity contribution is 6.30. The van der Waals surface area contributed by atoms with Crippen molar-refractivity contribution in [1.82, 2.24) is 19.4 Å². The van der Waals surface area contributed by atoms with Crippen LogP contribution in [0.25, 0.3) is 11.0 Å². The molecule has 6 heteroatoms. The Morgan fingerprint density at radius 2 is 1.76 bits per heavy atom. The molecule has 1 aliphatic heterocycles. The molecule has 0 amide bonds. The summed E-state index contributed by atoms with van der Waals surface area (Å²) in [5, 5.41) is 0.727. The van der Waals surface area contributed by atoms with E-state index < -0.39 is 0 Å². The molecule has 29 heavy (non-hydrogen) atoms. The number of benzene rings is 2. The van der Waals surface area contributed by atoms with Gasteiger partial charge in [0.05, 0.1) is 23.7 Å². The van der Waals surface area contributed by atoms with E-state index in [0.717, 1.165) is 61.3 Å². The number of nitrogens with zero attached hydrogens (tertiary/aromatic N) is 4. The fourth-order valence-corrected chi connectivity index (χ4v) is 4.09. The third-order valence-corrected chi connectivity index (χ3v) is 6.00. The van der Waals surface area contributed by atoms with Crippen LogP contribution in [0.4, 0.5) is 0 Å². The maximum absolute atomic E-state index is 5.94. The number of piperazine rings is 1.